The van der Waals surface area contributed by atoms with Crippen LogP contribution < -0.4 is 5.32 Å². The summed E-state index contributed by atoms with van der Waals surface area (Å²) >= 11 is 0. The molecule has 0 aliphatic rings. The first-order chi connectivity index (χ1) is 7.54. The molecule has 0 radical (unpaired) electrons. The molecule has 0 unspecified atom stereocenters. The first-order valence-electron chi connectivity index (χ1n) is 6.31. The van der Waals surface area contributed by atoms with Gasteiger partial charge >= 0.3 is 0 Å². The number of nitrogens with one attached hydrogen (secondary N) is 1. The van der Waals surface area contributed by atoms with Crippen LogP contribution in [0.15, 0.2) is 6.20 Å². The fraction of sp³-hybridized carbons (Fsp3) is 0.769. The van der Waals surface area contributed by atoms with Crippen molar-refractivity contribution in [1.29, 1.82) is 0 Å². The maximum absolute atomic E-state index is 4.46. The first-order valence-corrected chi connectivity index (χ1v) is 6.31. The molecule has 3 nitrogen and oxygen atoms in total. The molecule has 0 saturated heterocycles. The molecule has 0 bridgehead atoms. The van der Waals surface area contributed by atoms with Crippen LogP contribution in [0, 0.1) is 0 Å². The Labute approximate surface area is 99.2 Å². The summed E-state index contributed by atoms with van der Waals surface area (Å²) in [7, 11) is 1.99. The van der Waals surface area contributed by atoms with E-state index >= 15 is 0 Å². The number of rotatable bonds is 6. The summed E-state index contributed by atoms with van der Waals surface area (Å²) in [5, 5.41) is 8.10. The lowest BCUT2D eigenvalue weighted by molar-refractivity contribution is 0.329. The summed E-state index contributed by atoms with van der Waals surface area (Å²) in [6.45, 7) is 9.84. The van der Waals surface area contributed by atoms with Crippen LogP contribution >= 0.6 is 0 Å². The van der Waals surface area contributed by atoms with Gasteiger partial charge in [0.1, 0.15) is 0 Å². The molecule has 1 aromatic rings. The van der Waals surface area contributed by atoms with Crippen molar-refractivity contribution in [3.8, 4) is 0 Å². The summed E-state index contributed by atoms with van der Waals surface area (Å²) in [4.78, 5) is 0. The third-order valence-corrected chi connectivity index (χ3v) is 3.59. The van der Waals surface area contributed by atoms with Crippen molar-refractivity contribution < 1.29 is 0 Å². The monoisotopic (exact) mass is 223 g/mol. The van der Waals surface area contributed by atoms with Crippen molar-refractivity contribution in [2.45, 2.75) is 59.0 Å². The molecule has 1 aromatic heterocycles. The van der Waals surface area contributed by atoms with Gasteiger partial charge in [-0.05, 0) is 26.2 Å². The standard InChI is InChI=1S/C13H25N3/c1-6-12-11(10-16(5)15-12)9-14-13(4,7-2)8-3/h10,14H,6-9H2,1-5H3. The van der Waals surface area contributed by atoms with Crippen molar-refractivity contribution >= 4 is 0 Å². The van der Waals surface area contributed by atoms with Crippen LogP contribution in [-0.4, -0.2) is 15.3 Å². The molecule has 0 spiro atoms. The van der Waals surface area contributed by atoms with E-state index in [1.807, 2.05) is 11.7 Å². The van der Waals surface area contributed by atoms with Crippen molar-refractivity contribution in [3.63, 3.8) is 0 Å². The van der Waals surface area contributed by atoms with Crippen LogP contribution in [0.25, 0.3) is 0 Å². The van der Waals surface area contributed by atoms with Crippen LogP contribution in [0.3, 0.4) is 0 Å². The molecule has 0 fully saturated rings. The second kappa shape index (κ2) is 5.48. The Hall–Kier alpha value is -0.830. The average molecular weight is 223 g/mol. The Bertz CT molecular complexity index is 324. The fourth-order valence-electron chi connectivity index (χ4n) is 1.84. The minimum absolute atomic E-state index is 0.251. The Morgan fingerprint density at radius 1 is 1.31 bits per heavy atom. The van der Waals surface area contributed by atoms with Gasteiger partial charge in [0, 0.05) is 30.9 Å². The van der Waals surface area contributed by atoms with E-state index in [-0.39, 0.29) is 5.54 Å². The second-order valence-electron chi connectivity index (χ2n) is 4.75. The summed E-state index contributed by atoms with van der Waals surface area (Å²) < 4.78 is 1.91. The van der Waals surface area contributed by atoms with Crippen LogP contribution in [0.5, 0.6) is 0 Å². The molecule has 0 saturated carbocycles. The fourth-order valence-corrected chi connectivity index (χ4v) is 1.84. The number of aromatic nitrogens is 2. The van der Waals surface area contributed by atoms with Crippen molar-refractivity contribution in [3.05, 3.63) is 17.5 Å². The van der Waals surface area contributed by atoms with Crippen LogP contribution in [0.1, 0.15) is 51.8 Å². The van der Waals surface area contributed by atoms with Gasteiger partial charge in [0.15, 0.2) is 0 Å². The lowest BCUT2D eigenvalue weighted by Crippen LogP contribution is -2.40. The number of hydrogen-bond donors (Lipinski definition) is 1. The molecule has 0 amide bonds. The zero-order valence-corrected chi connectivity index (χ0v) is 11.3. The Morgan fingerprint density at radius 3 is 2.44 bits per heavy atom. The Kier molecular flexibility index (Phi) is 4.54. The van der Waals surface area contributed by atoms with Gasteiger partial charge in [-0.2, -0.15) is 5.10 Å². The zero-order valence-electron chi connectivity index (χ0n) is 11.3. The van der Waals surface area contributed by atoms with E-state index in [1.165, 1.54) is 11.3 Å². The Morgan fingerprint density at radius 2 is 1.94 bits per heavy atom. The first kappa shape index (κ1) is 13.2. The molecular weight excluding hydrogens is 198 g/mol. The van der Waals surface area contributed by atoms with Gasteiger partial charge < -0.3 is 5.32 Å². The van der Waals surface area contributed by atoms with Gasteiger partial charge in [-0.3, -0.25) is 4.68 Å². The Balaban J connectivity index is 2.66. The third kappa shape index (κ3) is 3.08. The third-order valence-electron chi connectivity index (χ3n) is 3.59. The zero-order chi connectivity index (χ0) is 12.2. The van der Waals surface area contributed by atoms with Gasteiger partial charge in [-0.15, -0.1) is 0 Å². The number of nitrogens with zero attached hydrogens (tertiary/aromatic N) is 2. The van der Waals surface area contributed by atoms with Crippen molar-refractivity contribution in [2.75, 3.05) is 0 Å². The minimum Gasteiger partial charge on any atom is -0.307 e. The largest absolute Gasteiger partial charge is 0.307 e. The van der Waals surface area contributed by atoms with E-state index in [2.05, 4.69) is 44.3 Å². The van der Waals surface area contributed by atoms with E-state index in [1.54, 1.807) is 0 Å². The van der Waals surface area contributed by atoms with Crippen molar-refractivity contribution in [1.82, 2.24) is 15.1 Å². The predicted molar refractivity (Wildman–Crippen MR) is 68.4 cm³/mol. The molecule has 0 aliphatic carbocycles. The lowest BCUT2D eigenvalue weighted by Gasteiger charge is -2.28. The van der Waals surface area contributed by atoms with E-state index in [9.17, 15) is 0 Å². The topological polar surface area (TPSA) is 29.9 Å². The van der Waals surface area contributed by atoms with E-state index in [0.29, 0.717) is 0 Å². The highest BCUT2D eigenvalue weighted by Crippen LogP contribution is 2.15. The summed E-state index contributed by atoms with van der Waals surface area (Å²) in [6.07, 6.45) is 5.45. The highest BCUT2D eigenvalue weighted by atomic mass is 15.3. The van der Waals surface area contributed by atoms with Crippen molar-refractivity contribution in [2.24, 2.45) is 7.05 Å². The number of aryl methyl sites for hydroxylation is 2. The minimum atomic E-state index is 0.251. The second-order valence-corrected chi connectivity index (χ2v) is 4.75. The average Bonchev–Trinajstić information content (AvgIpc) is 2.66. The maximum atomic E-state index is 4.46. The smallest absolute Gasteiger partial charge is 0.0666 e. The van der Waals surface area contributed by atoms with E-state index in [4.69, 9.17) is 0 Å². The van der Waals surface area contributed by atoms with Crippen LogP contribution in [-0.2, 0) is 20.0 Å². The van der Waals surface area contributed by atoms with E-state index < -0.39 is 0 Å². The summed E-state index contributed by atoms with van der Waals surface area (Å²) in [6, 6.07) is 0. The maximum Gasteiger partial charge on any atom is 0.0666 e. The molecule has 0 aliphatic heterocycles. The van der Waals surface area contributed by atoms with Gasteiger partial charge in [-0.1, -0.05) is 20.8 Å². The summed E-state index contributed by atoms with van der Waals surface area (Å²) in [5.74, 6) is 0. The van der Waals surface area contributed by atoms with Gasteiger partial charge in [0.05, 0.1) is 5.69 Å². The molecule has 1 N–H and O–H groups in total. The quantitative estimate of drug-likeness (QED) is 0.803. The lowest BCUT2D eigenvalue weighted by atomic mass is 9.95. The molecule has 1 heterocycles. The summed E-state index contributed by atoms with van der Waals surface area (Å²) in [5.41, 5.74) is 2.79. The highest BCUT2D eigenvalue weighted by Gasteiger charge is 2.19. The predicted octanol–water partition coefficient (Wildman–Crippen LogP) is 2.65. The normalized spacial score (nSPS) is 12.1. The molecule has 0 atom stereocenters. The van der Waals surface area contributed by atoms with Gasteiger partial charge in [-0.25, -0.2) is 0 Å². The molecule has 92 valence electrons. The molecular formula is C13H25N3. The van der Waals surface area contributed by atoms with Gasteiger partial charge in [0.2, 0.25) is 0 Å². The van der Waals surface area contributed by atoms with E-state index in [0.717, 1.165) is 25.8 Å². The SMILES string of the molecule is CCc1nn(C)cc1CNC(C)(CC)CC. The molecule has 16 heavy (non-hydrogen) atoms. The number of hydrogen-bond acceptors (Lipinski definition) is 2. The molecule has 1 rings (SSSR count). The van der Waals surface area contributed by atoms with Gasteiger partial charge in [0.25, 0.3) is 0 Å². The molecule has 3 heteroatoms. The molecule has 0 aromatic carbocycles. The highest BCUT2D eigenvalue weighted by molar-refractivity contribution is 5.17. The van der Waals surface area contributed by atoms with Crippen LogP contribution in [0.2, 0.25) is 0 Å². The van der Waals surface area contributed by atoms with Crippen LogP contribution in [0.4, 0.5) is 0 Å².